The molecule has 1 atom stereocenters. The Morgan fingerprint density at radius 3 is 1.57 bits per heavy atom. The van der Waals surface area contributed by atoms with E-state index in [0.29, 0.717) is 26.2 Å². The third-order valence-electron chi connectivity index (χ3n) is 8.54. The van der Waals surface area contributed by atoms with Crippen molar-refractivity contribution in [2.75, 3.05) is 26.2 Å². The molecule has 0 bridgehead atoms. The summed E-state index contributed by atoms with van der Waals surface area (Å²) in [5.41, 5.74) is 1.86. The zero-order chi connectivity index (χ0) is 29.7. The van der Waals surface area contributed by atoms with Gasteiger partial charge < -0.3 is 0 Å². The number of fused-ring (bicyclic) bond motifs is 3. The molecule has 4 aromatic rings. The molecule has 2 nitrogen and oxygen atoms in total. The Bertz CT molecular complexity index is 1490. The lowest BCUT2D eigenvalue weighted by Gasteiger charge is -2.48. The molecule has 1 radical (unpaired) electrons. The molecule has 1 aliphatic heterocycles. The quantitative estimate of drug-likeness (QED) is 0.219. The predicted molar refractivity (Wildman–Crippen MR) is 150 cm³/mol. The van der Waals surface area contributed by atoms with Crippen LogP contribution in [0.1, 0.15) is 39.4 Å². The standard InChI is InChI=1S/C34H29F6N2/c1-32(24-9-3-2-4-10-24,22-23-19-25(33(35,36)37)21-26(20-23)34(38,39)40)42-17-15-41(16-18-42)31-29-13-7-5-11-27(29)28-12-6-8-14-30(28)31/h2-14,19-21,31H,1,15-18,22H2. The maximum Gasteiger partial charge on any atom is 0.416 e. The average molecular weight is 580 g/mol. The van der Waals surface area contributed by atoms with Crippen LogP contribution in [0, 0.1) is 6.92 Å². The van der Waals surface area contributed by atoms with Crippen molar-refractivity contribution in [3.05, 3.63) is 137 Å². The average Bonchev–Trinajstić information content (AvgIpc) is 3.31. The highest BCUT2D eigenvalue weighted by molar-refractivity contribution is 5.78. The van der Waals surface area contributed by atoms with E-state index >= 15 is 0 Å². The van der Waals surface area contributed by atoms with Crippen LogP contribution in [0.2, 0.25) is 0 Å². The van der Waals surface area contributed by atoms with Crippen LogP contribution in [0.3, 0.4) is 0 Å². The van der Waals surface area contributed by atoms with Crippen molar-refractivity contribution in [3.63, 3.8) is 0 Å². The molecule has 42 heavy (non-hydrogen) atoms. The van der Waals surface area contributed by atoms with Crippen molar-refractivity contribution >= 4 is 0 Å². The van der Waals surface area contributed by atoms with Gasteiger partial charge in [-0.3, -0.25) is 9.80 Å². The molecule has 6 rings (SSSR count). The second kappa shape index (κ2) is 10.6. The fourth-order valence-corrected chi connectivity index (χ4v) is 6.53. The third-order valence-corrected chi connectivity index (χ3v) is 8.54. The molecule has 1 fully saturated rings. The summed E-state index contributed by atoms with van der Waals surface area (Å²) >= 11 is 0. The first-order chi connectivity index (χ1) is 19.9. The van der Waals surface area contributed by atoms with Gasteiger partial charge >= 0.3 is 12.4 Å². The molecule has 0 N–H and O–H groups in total. The summed E-state index contributed by atoms with van der Waals surface area (Å²) in [6.45, 7) is 6.89. The van der Waals surface area contributed by atoms with Gasteiger partial charge in [0.1, 0.15) is 0 Å². The van der Waals surface area contributed by atoms with E-state index in [1.165, 1.54) is 22.3 Å². The van der Waals surface area contributed by atoms with Crippen LogP contribution in [0.25, 0.3) is 11.1 Å². The topological polar surface area (TPSA) is 6.48 Å². The molecule has 0 saturated carbocycles. The lowest BCUT2D eigenvalue weighted by atomic mass is 9.82. The predicted octanol–water partition coefficient (Wildman–Crippen LogP) is 8.38. The molecular weight excluding hydrogens is 550 g/mol. The summed E-state index contributed by atoms with van der Waals surface area (Å²) < 4.78 is 81.9. The van der Waals surface area contributed by atoms with Gasteiger partial charge in [0.15, 0.2) is 0 Å². The van der Waals surface area contributed by atoms with Gasteiger partial charge in [-0.15, -0.1) is 0 Å². The van der Waals surface area contributed by atoms with E-state index in [2.05, 4.69) is 41.0 Å². The minimum Gasteiger partial charge on any atom is -0.291 e. The zero-order valence-electron chi connectivity index (χ0n) is 22.7. The number of rotatable bonds is 5. The van der Waals surface area contributed by atoms with E-state index in [1.54, 1.807) is 0 Å². The van der Waals surface area contributed by atoms with Crippen LogP contribution in [0.15, 0.2) is 97.1 Å². The van der Waals surface area contributed by atoms with E-state index in [-0.39, 0.29) is 24.1 Å². The van der Waals surface area contributed by atoms with E-state index in [4.69, 9.17) is 0 Å². The van der Waals surface area contributed by atoms with Gasteiger partial charge in [0.25, 0.3) is 0 Å². The summed E-state index contributed by atoms with van der Waals surface area (Å²) in [6.07, 6.45) is -9.93. The molecule has 1 aliphatic carbocycles. The van der Waals surface area contributed by atoms with E-state index in [9.17, 15) is 26.3 Å². The molecule has 0 amide bonds. The third kappa shape index (κ3) is 5.22. The number of piperazine rings is 1. The number of hydrogen-bond acceptors (Lipinski definition) is 2. The molecule has 1 saturated heterocycles. The maximum absolute atomic E-state index is 13.6. The molecule has 0 aromatic heterocycles. The van der Waals surface area contributed by atoms with Crippen molar-refractivity contribution in [3.8, 4) is 11.1 Å². The van der Waals surface area contributed by atoms with Crippen molar-refractivity contribution < 1.29 is 26.3 Å². The number of alkyl halides is 6. The van der Waals surface area contributed by atoms with Gasteiger partial charge in [-0.05, 0) is 64.9 Å². The van der Waals surface area contributed by atoms with Crippen LogP contribution in [-0.4, -0.2) is 36.0 Å². The van der Waals surface area contributed by atoms with Gasteiger partial charge in [-0.25, -0.2) is 0 Å². The highest BCUT2D eigenvalue weighted by Gasteiger charge is 2.41. The summed E-state index contributed by atoms with van der Waals surface area (Å²) in [5, 5.41) is 0. The largest absolute Gasteiger partial charge is 0.416 e. The fourth-order valence-electron chi connectivity index (χ4n) is 6.53. The molecule has 1 heterocycles. The molecule has 0 spiro atoms. The smallest absolute Gasteiger partial charge is 0.291 e. The van der Waals surface area contributed by atoms with Crippen LogP contribution < -0.4 is 0 Å². The van der Waals surface area contributed by atoms with Crippen molar-refractivity contribution in [1.82, 2.24) is 9.80 Å². The summed E-state index contributed by atoms with van der Waals surface area (Å²) in [5.74, 6) is 0. The molecule has 2 aliphatic rings. The number of halogens is 6. The highest BCUT2D eigenvalue weighted by Crippen LogP contribution is 2.47. The molecule has 4 aromatic carbocycles. The van der Waals surface area contributed by atoms with Crippen LogP contribution in [-0.2, 0) is 24.3 Å². The monoisotopic (exact) mass is 579 g/mol. The Kier molecular flexibility index (Phi) is 7.18. The van der Waals surface area contributed by atoms with Crippen LogP contribution in [0.4, 0.5) is 26.3 Å². The Hall–Kier alpha value is -3.62. The molecule has 8 heteroatoms. The Labute approximate surface area is 241 Å². The maximum atomic E-state index is 13.6. The summed E-state index contributed by atoms with van der Waals surface area (Å²) in [4.78, 5) is 4.50. The van der Waals surface area contributed by atoms with Gasteiger partial charge in [0.05, 0.1) is 22.7 Å². The minimum absolute atomic E-state index is 0.0583. The number of hydrogen-bond donors (Lipinski definition) is 0. The van der Waals surface area contributed by atoms with E-state index in [1.807, 2.05) is 54.6 Å². The van der Waals surface area contributed by atoms with Gasteiger partial charge in [0.2, 0.25) is 0 Å². The van der Waals surface area contributed by atoms with Crippen molar-refractivity contribution in [1.29, 1.82) is 0 Å². The second-order valence-electron chi connectivity index (χ2n) is 11.1. The SMILES string of the molecule is [CH2]C(Cc1cc(C(F)(F)F)cc(C(F)(F)F)c1)(c1ccccc1)N1CCN(C2c3ccccc3-c3ccccc32)CC1. The normalized spacial score (nSPS) is 18.0. The van der Waals surface area contributed by atoms with Crippen molar-refractivity contribution in [2.45, 2.75) is 30.4 Å². The second-order valence-corrected chi connectivity index (χ2v) is 11.1. The lowest BCUT2D eigenvalue weighted by molar-refractivity contribution is -0.143. The molecule has 217 valence electrons. The van der Waals surface area contributed by atoms with Gasteiger partial charge in [0, 0.05) is 26.2 Å². The van der Waals surface area contributed by atoms with Crippen LogP contribution in [0.5, 0.6) is 0 Å². The Morgan fingerprint density at radius 1 is 0.595 bits per heavy atom. The Balaban J connectivity index is 1.32. The first-order valence-electron chi connectivity index (χ1n) is 13.8. The minimum atomic E-state index is -4.91. The molecular formula is C34H29F6N2. The van der Waals surface area contributed by atoms with E-state index in [0.717, 1.165) is 17.7 Å². The first kappa shape index (κ1) is 28.5. The van der Waals surface area contributed by atoms with Crippen molar-refractivity contribution in [2.24, 2.45) is 0 Å². The number of benzene rings is 4. The highest BCUT2D eigenvalue weighted by atomic mass is 19.4. The summed E-state index contributed by atoms with van der Waals surface area (Å²) in [7, 11) is 0. The lowest BCUT2D eigenvalue weighted by Crippen LogP contribution is -2.55. The van der Waals surface area contributed by atoms with Crippen LogP contribution >= 0.6 is 0 Å². The zero-order valence-corrected chi connectivity index (χ0v) is 22.7. The van der Waals surface area contributed by atoms with Gasteiger partial charge in [-0.1, -0.05) is 78.9 Å². The Morgan fingerprint density at radius 2 is 1.07 bits per heavy atom. The molecule has 1 unspecified atom stereocenters. The fraction of sp³-hybridized carbons (Fsp3) is 0.265. The number of nitrogens with zero attached hydrogens (tertiary/aromatic N) is 2. The summed E-state index contributed by atoms with van der Waals surface area (Å²) in [6, 6.07) is 27.7. The van der Waals surface area contributed by atoms with Gasteiger partial charge in [-0.2, -0.15) is 26.3 Å². The first-order valence-corrected chi connectivity index (χ1v) is 13.8. The van der Waals surface area contributed by atoms with E-state index < -0.39 is 29.0 Å².